The number of amides is 1. The van der Waals surface area contributed by atoms with Crippen LogP contribution in [0.4, 0.5) is 5.95 Å². The third kappa shape index (κ3) is 2.47. The number of nitrogens with one attached hydrogen (secondary N) is 1. The van der Waals surface area contributed by atoms with Crippen molar-refractivity contribution in [3.8, 4) is 0 Å². The molecule has 1 saturated carbocycles. The summed E-state index contributed by atoms with van der Waals surface area (Å²) in [5, 5.41) is 22.6. The van der Waals surface area contributed by atoms with E-state index in [1.54, 1.807) is 7.05 Å². The van der Waals surface area contributed by atoms with Crippen molar-refractivity contribution in [3.05, 3.63) is 0 Å². The van der Waals surface area contributed by atoms with Gasteiger partial charge in [-0.15, -0.1) is 5.10 Å². The van der Waals surface area contributed by atoms with Gasteiger partial charge in [0.25, 0.3) is 5.95 Å². The summed E-state index contributed by atoms with van der Waals surface area (Å²) in [4.78, 5) is 24.3. The molecule has 0 radical (unpaired) electrons. The zero-order chi connectivity index (χ0) is 13.3. The Hall–Kier alpha value is -1.99. The van der Waals surface area contributed by atoms with E-state index in [-0.39, 0.29) is 17.8 Å². The minimum Gasteiger partial charge on any atom is -0.481 e. The summed E-state index contributed by atoms with van der Waals surface area (Å²) >= 11 is 0. The molecule has 2 rings (SSSR count). The first-order chi connectivity index (χ1) is 8.47. The highest BCUT2D eigenvalue weighted by atomic mass is 16.4. The third-order valence-corrected chi connectivity index (χ3v) is 3.20. The summed E-state index contributed by atoms with van der Waals surface area (Å²) in [7, 11) is 1.58. The SMILES string of the molecule is CC1CC(C(=O)O)C(C(=O)Nc2nnn(C)n2)C1. The average molecular weight is 253 g/mol. The number of carboxylic acids is 1. The summed E-state index contributed by atoms with van der Waals surface area (Å²) in [5.41, 5.74) is 0. The third-order valence-electron chi connectivity index (χ3n) is 3.20. The number of rotatable bonds is 3. The van der Waals surface area contributed by atoms with Crippen molar-refractivity contribution < 1.29 is 14.7 Å². The van der Waals surface area contributed by atoms with Gasteiger partial charge in [-0.25, -0.2) is 0 Å². The van der Waals surface area contributed by atoms with Gasteiger partial charge in [-0.3, -0.25) is 14.9 Å². The number of hydrogen-bond acceptors (Lipinski definition) is 5. The lowest BCUT2D eigenvalue weighted by Gasteiger charge is -2.13. The highest BCUT2D eigenvalue weighted by Gasteiger charge is 2.41. The number of anilines is 1. The molecule has 1 aromatic rings. The number of carbonyl (C=O) groups excluding carboxylic acids is 1. The second-order valence-corrected chi connectivity index (χ2v) is 4.72. The minimum absolute atomic E-state index is 0.103. The number of aromatic nitrogens is 4. The summed E-state index contributed by atoms with van der Waals surface area (Å²) in [6.45, 7) is 1.95. The van der Waals surface area contributed by atoms with Crippen LogP contribution < -0.4 is 5.32 Å². The fourth-order valence-electron chi connectivity index (χ4n) is 2.39. The fourth-order valence-corrected chi connectivity index (χ4v) is 2.39. The number of carboxylic acid groups (broad SMARTS) is 1. The van der Waals surface area contributed by atoms with Crippen molar-refractivity contribution in [2.24, 2.45) is 24.8 Å². The van der Waals surface area contributed by atoms with Gasteiger partial charge >= 0.3 is 5.97 Å². The van der Waals surface area contributed by atoms with Gasteiger partial charge in [0, 0.05) is 0 Å². The number of tetrazole rings is 1. The van der Waals surface area contributed by atoms with Gasteiger partial charge < -0.3 is 5.11 Å². The lowest BCUT2D eigenvalue weighted by Crippen LogP contribution is -2.30. The van der Waals surface area contributed by atoms with E-state index < -0.39 is 17.8 Å². The molecule has 3 atom stereocenters. The van der Waals surface area contributed by atoms with Gasteiger partial charge in [-0.05, 0) is 24.0 Å². The number of nitrogens with zero attached hydrogens (tertiary/aromatic N) is 4. The zero-order valence-corrected chi connectivity index (χ0v) is 10.2. The Kier molecular flexibility index (Phi) is 3.26. The molecule has 0 spiro atoms. The lowest BCUT2D eigenvalue weighted by atomic mass is 9.95. The molecule has 18 heavy (non-hydrogen) atoms. The first kappa shape index (κ1) is 12.5. The predicted molar refractivity (Wildman–Crippen MR) is 60.4 cm³/mol. The second-order valence-electron chi connectivity index (χ2n) is 4.72. The molecule has 1 aromatic heterocycles. The summed E-state index contributed by atoms with van der Waals surface area (Å²) < 4.78 is 0. The van der Waals surface area contributed by atoms with Crippen LogP contribution in [0.25, 0.3) is 0 Å². The first-order valence-electron chi connectivity index (χ1n) is 5.75. The molecular weight excluding hydrogens is 238 g/mol. The number of hydrogen-bond donors (Lipinski definition) is 2. The smallest absolute Gasteiger partial charge is 0.307 e. The van der Waals surface area contributed by atoms with Gasteiger partial charge in [0.05, 0.1) is 18.9 Å². The van der Waals surface area contributed by atoms with Crippen LogP contribution in [-0.4, -0.2) is 37.2 Å². The van der Waals surface area contributed by atoms with Gasteiger partial charge in [0.15, 0.2) is 0 Å². The van der Waals surface area contributed by atoms with E-state index in [4.69, 9.17) is 5.11 Å². The Bertz CT molecular complexity index is 472. The van der Waals surface area contributed by atoms with E-state index in [0.717, 1.165) is 0 Å². The van der Waals surface area contributed by atoms with Crippen LogP contribution >= 0.6 is 0 Å². The van der Waals surface area contributed by atoms with Crippen molar-refractivity contribution in [2.45, 2.75) is 19.8 Å². The molecule has 8 heteroatoms. The van der Waals surface area contributed by atoms with Crippen molar-refractivity contribution >= 4 is 17.8 Å². The molecule has 3 unspecified atom stereocenters. The lowest BCUT2D eigenvalue weighted by molar-refractivity contribution is -0.145. The van der Waals surface area contributed by atoms with Gasteiger partial charge in [-0.1, -0.05) is 12.0 Å². The maximum atomic E-state index is 12.0. The molecule has 1 fully saturated rings. The number of carbonyl (C=O) groups is 2. The Balaban J connectivity index is 2.06. The molecule has 1 aliphatic rings. The van der Waals surface area contributed by atoms with Crippen LogP contribution in [0.2, 0.25) is 0 Å². The van der Waals surface area contributed by atoms with Gasteiger partial charge in [-0.2, -0.15) is 4.80 Å². The average Bonchev–Trinajstić information content (AvgIpc) is 2.85. The first-order valence-corrected chi connectivity index (χ1v) is 5.75. The molecule has 0 aliphatic heterocycles. The quantitative estimate of drug-likeness (QED) is 0.778. The predicted octanol–water partition coefficient (Wildman–Crippen LogP) is -0.105. The molecule has 8 nitrogen and oxygen atoms in total. The van der Waals surface area contributed by atoms with E-state index >= 15 is 0 Å². The van der Waals surface area contributed by atoms with Crippen LogP contribution in [0.15, 0.2) is 0 Å². The monoisotopic (exact) mass is 253 g/mol. The van der Waals surface area contributed by atoms with Crippen molar-refractivity contribution in [1.82, 2.24) is 20.2 Å². The van der Waals surface area contributed by atoms with Crippen molar-refractivity contribution in [3.63, 3.8) is 0 Å². The standard InChI is InChI=1S/C10H15N5O3/c1-5-3-6(7(4-5)9(17)18)8(16)11-10-12-14-15(2)13-10/h5-7H,3-4H2,1-2H3,(H,17,18)(H,11,13,16). The fraction of sp³-hybridized carbons (Fsp3) is 0.700. The molecule has 1 amide bonds. The van der Waals surface area contributed by atoms with Gasteiger partial charge in [0.2, 0.25) is 5.91 Å². The van der Waals surface area contributed by atoms with Crippen LogP contribution in [0.1, 0.15) is 19.8 Å². The maximum absolute atomic E-state index is 12.0. The van der Waals surface area contributed by atoms with E-state index in [9.17, 15) is 9.59 Å². The Morgan fingerprint density at radius 3 is 2.61 bits per heavy atom. The zero-order valence-electron chi connectivity index (χ0n) is 10.2. The van der Waals surface area contributed by atoms with E-state index in [2.05, 4.69) is 20.7 Å². The normalized spacial score (nSPS) is 27.1. The van der Waals surface area contributed by atoms with E-state index in [1.807, 2.05) is 6.92 Å². The van der Waals surface area contributed by atoms with Crippen molar-refractivity contribution in [2.75, 3.05) is 5.32 Å². The summed E-state index contributed by atoms with van der Waals surface area (Å²) in [5.74, 6) is -2.09. The van der Waals surface area contributed by atoms with Crippen LogP contribution in [0, 0.1) is 17.8 Å². The summed E-state index contributed by atoms with van der Waals surface area (Å²) in [6.07, 6.45) is 1.10. The maximum Gasteiger partial charge on any atom is 0.307 e. The highest BCUT2D eigenvalue weighted by molar-refractivity contribution is 5.94. The van der Waals surface area contributed by atoms with E-state index in [0.29, 0.717) is 12.8 Å². The van der Waals surface area contributed by atoms with Gasteiger partial charge in [0.1, 0.15) is 0 Å². The Morgan fingerprint density at radius 1 is 1.39 bits per heavy atom. The Labute approximate surface area is 103 Å². The molecule has 1 aliphatic carbocycles. The number of aliphatic carboxylic acids is 1. The molecule has 0 bridgehead atoms. The Morgan fingerprint density at radius 2 is 2.06 bits per heavy atom. The van der Waals surface area contributed by atoms with Crippen LogP contribution in [0.5, 0.6) is 0 Å². The molecule has 1 heterocycles. The molecule has 98 valence electrons. The van der Waals surface area contributed by atoms with E-state index in [1.165, 1.54) is 4.80 Å². The van der Waals surface area contributed by atoms with Crippen LogP contribution in [-0.2, 0) is 16.6 Å². The summed E-state index contributed by atoms with van der Waals surface area (Å²) in [6, 6.07) is 0. The van der Waals surface area contributed by atoms with Crippen molar-refractivity contribution in [1.29, 1.82) is 0 Å². The molecule has 2 N–H and O–H groups in total. The molecule has 0 aromatic carbocycles. The second kappa shape index (κ2) is 4.71. The minimum atomic E-state index is -0.924. The van der Waals surface area contributed by atoms with Crippen LogP contribution in [0.3, 0.4) is 0 Å². The molecular formula is C10H15N5O3. The number of aryl methyl sites for hydroxylation is 1. The topological polar surface area (TPSA) is 110 Å². The highest BCUT2D eigenvalue weighted by Crippen LogP contribution is 2.36. The largest absolute Gasteiger partial charge is 0.481 e. The molecule has 0 saturated heterocycles.